The van der Waals surface area contributed by atoms with Crippen molar-refractivity contribution in [1.29, 1.82) is 0 Å². The lowest BCUT2D eigenvalue weighted by Gasteiger charge is -2.26. The number of halogens is 4. The van der Waals surface area contributed by atoms with Crippen LogP contribution in [0.1, 0.15) is 24.8 Å². The monoisotopic (exact) mass is 423 g/mol. The Balaban J connectivity index is 1.75. The molecule has 1 atom stereocenters. The molecule has 8 nitrogen and oxygen atoms in total. The van der Waals surface area contributed by atoms with Crippen molar-refractivity contribution in [1.82, 2.24) is 25.3 Å². The second-order valence-corrected chi connectivity index (χ2v) is 6.90. The molecule has 1 saturated heterocycles. The average Bonchev–Trinajstić information content (AvgIpc) is 3.01. The van der Waals surface area contributed by atoms with Gasteiger partial charge in [-0.2, -0.15) is 13.2 Å². The number of carbonyl (C=O) groups is 1. The van der Waals surface area contributed by atoms with Crippen LogP contribution in [0.2, 0.25) is 0 Å². The Morgan fingerprint density at radius 3 is 2.77 bits per heavy atom. The Kier molecular flexibility index (Phi) is 5.02. The Bertz CT molecular complexity index is 1100. The number of carbonyl (C=O) groups excluding carboxylic acids is 1. The number of H-pyrrole nitrogens is 1. The van der Waals surface area contributed by atoms with E-state index in [0.29, 0.717) is 25.6 Å². The molecule has 0 unspecified atom stereocenters. The summed E-state index contributed by atoms with van der Waals surface area (Å²) in [5.41, 5.74) is -0.544. The van der Waals surface area contributed by atoms with E-state index in [0.717, 1.165) is 23.7 Å². The maximum absolute atomic E-state index is 14.4. The average molecular weight is 423 g/mol. The van der Waals surface area contributed by atoms with Crippen LogP contribution in [0.15, 0.2) is 24.7 Å². The molecule has 1 aliphatic rings. The number of nitrogens with one attached hydrogen (secondary N) is 2. The lowest BCUT2D eigenvalue weighted by Crippen LogP contribution is -2.50. The number of hydrazine groups is 1. The number of hydrogen-bond donors (Lipinski definition) is 3. The van der Waals surface area contributed by atoms with Crippen LogP contribution in [0.5, 0.6) is 0 Å². The number of amides is 1. The van der Waals surface area contributed by atoms with Gasteiger partial charge in [-0.15, -0.1) is 0 Å². The van der Waals surface area contributed by atoms with Crippen molar-refractivity contribution in [3.05, 3.63) is 36.0 Å². The van der Waals surface area contributed by atoms with Crippen molar-refractivity contribution in [3.63, 3.8) is 0 Å². The van der Waals surface area contributed by atoms with Crippen LogP contribution in [0.4, 0.5) is 23.4 Å². The van der Waals surface area contributed by atoms with Gasteiger partial charge in [-0.3, -0.25) is 9.80 Å². The van der Waals surface area contributed by atoms with Crippen molar-refractivity contribution in [2.75, 3.05) is 11.6 Å². The molecule has 0 bridgehead atoms. The van der Waals surface area contributed by atoms with Gasteiger partial charge in [0.2, 0.25) is 5.91 Å². The fourth-order valence-electron chi connectivity index (χ4n) is 3.35. The fourth-order valence-corrected chi connectivity index (χ4v) is 3.35. The summed E-state index contributed by atoms with van der Waals surface area (Å²) in [5, 5.41) is 3.77. The van der Waals surface area contributed by atoms with Gasteiger partial charge in [-0.05, 0) is 25.3 Å². The SMILES string of the molecule is NN(c1nc(-c2c[nH]c3ncc(C(F)(F)F)cc23)ncc1F)[C@H]1CCCCNC1=O. The minimum absolute atomic E-state index is 0.0525. The number of aromatic amines is 1. The van der Waals surface area contributed by atoms with E-state index in [1.807, 2.05) is 0 Å². The quantitative estimate of drug-likeness (QED) is 0.339. The predicted molar refractivity (Wildman–Crippen MR) is 99.4 cm³/mol. The maximum Gasteiger partial charge on any atom is 0.417 e. The van der Waals surface area contributed by atoms with Gasteiger partial charge in [0.15, 0.2) is 17.5 Å². The number of rotatable bonds is 3. The second kappa shape index (κ2) is 7.52. The zero-order valence-electron chi connectivity index (χ0n) is 15.5. The highest BCUT2D eigenvalue weighted by Gasteiger charge is 2.32. The second-order valence-electron chi connectivity index (χ2n) is 6.90. The highest BCUT2D eigenvalue weighted by molar-refractivity contribution is 5.92. The Hall–Kier alpha value is -3.28. The molecule has 4 rings (SSSR count). The van der Waals surface area contributed by atoms with E-state index in [4.69, 9.17) is 5.84 Å². The number of pyridine rings is 1. The molecule has 0 aromatic carbocycles. The largest absolute Gasteiger partial charge is 0.417 e. The molecule has 4 N–H and O–H groups in total. The van der Waals surface area contributed by atoms with Gasteiger partial charge in [-0.25, -0.2) is 25.2 Å². The summed E-state index contributed by atoms with van der Waals surface area (Å²) in [7, 11) is 0. The number of anilines is 1. The van der Waals surface area contributed by atoms with Crippen molar-refractivity contribution >= 4 is 22.8 Å². The van der Waals surface area contributed by atoms with Crippen molar-refractivity contribution < 1.29 is 22.4 Å². The summed E-state index contributed by atoms with van der Waals surface area (Å²) in [6.45, 7) is 0.505. The van der Waals surface area contributed by atoms with Crippen molar-refractivity contribution in [3.8, 4) is 11.4 Å². The van der Waals surface area contributed by atoms with E-state index < -0.39 is 23.6 Å². The predicted octanol–water partition coefficient (Wildman–Crippen LogP) is 2.53. The molecule has 3 aromatic rings. The van der Waals surface area contributed by atoms with Crippen LogP contribution < -0.4 is 16.2 Å². The van der Waals surface area contributed by atoms with Gasteiger partial charge in [0.25, 0.3) is 0 Å². The molecule has 1 aliphatic heterocycles. The van der Waals surface area contributed by atoms with E-state index in [1.54, 1.807) is 0 Å². The molecule has 12 heteroatoms. The van der Waals surface area contributed by atoms with Crippen LogP contribution in [0.3, 0.4) is 0 Å². The zero-order chi connectivity index (χ0) is 21.5. The third-order valence-electron chi connectivity index (χ3n) is 4.91. The lowest BCUT2D eigenvalue weighted by molar-refractivity contribution is -0.137. The van der Waals surface area contributed by atoms with Crippen molar-refractivity contribution in [2.24, 2.45) is 5.84 Å². The molecule has 158 valence electrons. The van der Waals surface area contributed by atoms with Crippen molar-refractivity contribution in [2.45, 2.75) is 31.5 Å². The molecule has 1 amide bonds. The van der Waals surface area contributed by atoms with Crippen LogP contribution in [0.25, 0.3) is 22.4 Å². The number of alkyl halides is 3. The van der Waals surface area contributed by atoms with Gasteiger partial charge in [-0.1, -0.05) is 0 Å². The summed E-state index contributed by atoms with van der Waals surface area (Å²) in [6, 6.07) is 0.0886. The van der Waals surface area contributed by atoms with E-state index in [-0.39, 0.29) is 34.1 Å². The third kappa shape index (κ3) is 3.65. The topological polar surface area (TPSA) is 113 Å². The normalized spacial score (nSPS) is 17.6. The molecule has 30 heavy (non-hydrogen) atoms. The lowest BCUT2D eigenvalue weighted by atomic mass is 10.1. The number of hydrogen-bond acceptors (Lipinski definition) is 6. The molecule has 0 spiro atoms. The number of fused-ring (bicyclic) bond motifs is 1. The molecule has 1 fully saturated rings. The van der Waals surface area contributed by atoms with Gasteiger partial charge < -0.3 is 10.3 Å². The zero-order valence-corrected chi connectivity index (χ0v) is 15.5. The van der Waals surface area contributed by atoms with Crippen LogP contribution in [-0.2, 0) is 11.0 Å². The molecular formula is C18H17F4N7O. The molecule has 3 aromatic heterocycles. The van der Waals surface area contributed by atoms with Crippen LogP contribution in [-0.4, -0.2) is 38.4 Å². The van der Waals surface area contributed by atoms with E-state index in [1.165, 1.54) is 6.20 Å². The highest BCUT2D eigenvalue weighted by Crippen LogP contribution is 2.34. The Morgan fingerprint density at radius 1 is 1.20 bits per heavy atom. The first kappa shape index (κ1) is 20.0. The maximum atomic E-state index is 14.4. The summed E-state index contributed by atoms with van der Waals surface area (Å²) >= 11 is 0. The minimum atomic E-state index is -4.58. The number of nitrogens with zero attached hydrogens (tertiary/aromatic N) is 4. The smallest absolute Gasteiger partial charge is 0.354 e. The van der Waals surface area contributed by atoms with E-state index in [2.05, 4.69) is 25.3 Å². The van der Waals surface area contributed by atoms with Crippen LogP contribution >= 0.6 is 0 Å². The molecular weight excluding hydrogens is 406 g/mol. The minimum Gasteiger partial charge on any atom is -0.354 e. The molecule has 0 radical (unpaired) electrons. The third-order valence-corrected chi connectivity index (χ3v) is 4.91. The van der Waals surface area contributed by atoms with E-state index >= 15 is 0 Å². The Morgan fingerprint density at radius 2 is 2.00 bits per heavy atom. The molecule has 0 saturated carbocycles. The number of aromatic nitrogens is 4. The van der Waals surface area contributed by atoms with Gasteiger partial charge >= 0.3 is 6.18 Å². The molecule has 0 aliphatic carbocycles. The number of nitrogens with two attached hydrogens (primary N) is 1. The first-order valence-corrected chi connectivity index (χ1v) is 9.14. The summed E-state index contributed by atoms with van der Waals surface area (Å²) in [6.07, 6.45) is 0.285. The summed E-state index contributed by atoms with van der Waals surface area (Å²) in [4.78, 5) is 26.8. The van der Waals surface area contributed by atoms with Crippen LogP contribution in [0, 0.1) is 5.82 Å². The highest BCUT2D eigenvalue weighted by atomic mass is 19.4. The van der Waals surface area contributed by atoms with Gasteiger partial charge in [0.1, 0.15) is 11.7 Å². The van der Waals surface area contributed by atoms with E-state index in [9.17, 15) is 22.4 Å². The Labute approximate surface area is 167 Å². The summed E-state index contributed by atoms with van der Waals surface area (Å²) < 4.78 is 53.6. The first-order chi connectivity index (χ1) is 14.3. The van der Waals surface area contributed by atoms with Gasteiger partial charge in [0.05, 0.1) is 11.8 Å². The summed E-state index contributed by atoms with van der Waals surface area (Å²) in [5.74, 6) is 4.44. The van der Waals surface area contributed by atoms with Gasteiger partial charge in [0, 0.05) is 29.9 Å². The fraction of sp³-hybridized carbons (Fsp3) is 0.333. The molecule has 4 heterocycles. The first-order valence-electron chi connectivity index (χ1n) is 9.14. The standard InChI is InChI=1S/C18H17F4N7O/c19-12-8-27-15(28-16(12)29(23)13-3-1-2-4-24-17(13)30)11-7-26-14-10(11)5-9(6-25-14)18(20,21)22/h5-8,13H,1-4,23H2,(H,24,30)(H,25,26)/t13-/m0/s1.